The summed E-state index contributed by atoms with van der Waals surface area (Å²) in [6, 6.07) is 6.88. The molecule has 4 rings (SSSR count). The number of oxazole rings is 1. The molecule has 0 saturated heterocycles. The van der Waals surface area contributed by atoms with E-state index in [2.05, 4.69) is 4.98 Å². The van der Waals surface area contributed by atoms with Crippen molar-refractivity contribution in [3.05, 3.63) is 46.9 Å². The molecule has 0 aromatic carbocycles. The lowest BCUT2D eigenvalue weighted by Crippen LogP contribution is -2.42. The third kappa shape index (κ3) is 2.57. The van der Waals surface area contributed by atoms with Crippen molar-refractivity contribution in [2.24, 2.45) is 0 Å². The summed E-state index contributed by atoms with van der Waals surface area (Å²) in [5, 5.41) is 9.27. The van der Waals surface area contributed by atoms with Crippen molar-refractivity contribution in [1.82, 2.24) is 9.88 Å². The van der Waals surface area contributed by atoms with Crippen molar-refractivity contribution in [2.45, 2.75) is 13.8 Å². The van der Waals surface area contributed by atoms with E-state index in [1.807, 2.05) is 6.07 Å². The summed E-state index contributed by atoms with van der Waals surface area (Å²) in [6.45, 7) is 3.40. The van der Waals surface area contributed by atoms with E-state index >= 15 is 0 Å². The Morgan fingerprint density at radius 3 is 2.74 bits per heavy atom. The number of amides is 2. The average Bonchev–Trinajstić information content (AvgIpc) is 3.35. The molecule has 0 unspecified atom stereocenters. The van der Waals surface area contributed by atoms with Crippen molar-refractivity contribution in [1.29, 1.82) is 5.26 Å². The predicted molar refractivity (Wildman–Crippen MR) is 92.7 cm³/mol. The van der Waals surface area contributed by atoms with Crippen LogP contribution in [-0.4, -0.2) is 28.2 Å². The summed E-state index contributed by atoms with van der Waals surface area (Å²) in [5.74, 6) is 0.0205. The van der Waals surface area contributed by atoms with Gasteiger partial charge in [-0.3, -0.25) is 14.5 Å². The summed E-state index contributed by atoms with van der Waals surface area (Å²) in [7, 11) is 0. The van der Waals surface area contributed by atoms with Crippen molar-refractivity contribution in [3.63, 3.8) is 0 Å². The first-order valence-corrected chi connectivity index (χ1v) is 8.17. The number of nitriles is 1. The van der Waals surface area contributed by atoms with Crippen LogP contribution >= 0.6 is 0 Å². The molecule has 0 saturated carbocycles. The van der Waals surface area contributed by atoms with Gasteiger partial charge in [0.05, 0.1) is 6.26 Å². The Balaban J connectivity index is 1.77. The first-order chi connectivity index (χ1) is 13.0. The smallest absolute Gasteiger partial charge is 0.271 e. The molecule has 0 aliphatic carbocycles. The van der Waals surface area contributed by atoms with Crippen LogP contribution in [0, 0.1) is 11.3 Å². The molecule has 0 bridgehead atoms. The van der Waals surface area contributed by atoms with Gasteiger partial charge < -0.3 is 13.3 Å². The van der Waals surface area contributed by atoms with Gasteiger partial charge in [-0.25, -0.2) is 0 Å². The Morgan fingerprint density at radius 1 is 1.30 bits per heavy atom. The number of carbonyl (C=O) groups is 2. The van der Waals surface area contributed by atoms with Gasteiger partial charge in [-0.1, -0.05) is 0 Å². The van der Waals surface area contributed by atoms with Crippen LogP contribution in [0.3, 0.4) is 0 Å². The van der Waals surface area contributed by atoms with E-state index in [1.165, 1.54) is 12.3 Å². The SMILES string of the molecule is CCN1C(=O)C(C#N)=C(C)/C(=C/c2cc3oc(-c4ccco4)nc3o2)C1=O. The molecule has 0 spiro atoms. The fourth-order valence-corrected chi connectivity index (χ4v) is 2.89. The summed E-state index contributed by atoms with van der Waals surface area (Å²) in [5.41, 5.74) is 1.12. The fourth-order valence-electron chi connectivity index (χ4n) is 2.89. The van der Waals surface area contributed by atoms with Crippen molar-refractivity contribution >= 4 is 29.2 Å². The van der Waals surface area contributed by atoms with Crippen LogP contribution in [-0.2, 0) is 9.59 Å². The van der Waals surface area contributed by atoms with Gasteiger partial charge in [-0.2, -0.15) is 10.2 Å². The van der Waals surface area contributed by atoms with E-state index < -0.39 is 11.8 Å². The quantitative estimate of drug-likeness (QED) is 0.518. The maximum atomic E-state index is 12.6. The maximum absolute atomic E-state index is 12.6. The molecule has 1 aliphatic rings. The molecule has 0 radical (unpaired) electrons. The predicted octanol–water partition coefficient (Wildman–Crippen LogP) is 3.29. The van der Waals surface area contributed by atoms with Crippen LogP contribution in [0.5, 0.6) is 0 Å². The second kappa shape index (κ2) is 6.14. The Labute approximate surface area is 153 Å². The standard InChI is InChI=1S/C19H13N3O5/c1-3-22-18(23)12(10(2)13(9-20)19(22)24)7-11-8-15-17(26-11)21-16(27-15)14-5-4-6-25-14/h4-8H,3H2,1-2H3/b12-7-. The zero-order chi connectivity index (χ0) is 19.1. The highest BCUT2D eigenvalue weighted by Crippen LogP contribution is 2.30. The summed E-state index contributed by atoms with van der Waals surface area (Å²) >= 11 is 0. The molecule has 8 nitrogen and oxygen atoms in total. The lowest BCUT2D eigenvalue weighted by atomic mass is 9.95. The number of imide groups is 1. The van der Waals surface area contributed by atoms with Gasteiger partial charge in [0.1, 0.15) is 17.4 Å². The zero-order valence-corrected chi connectivity index (χ0v) is 14.5. The number of nitrogens with zero attached hydrogens (tertiary/aromatic N) is 3. The third-order valence-corrected chi connectivity index (χ3v) is 4.27. The topological polar surface area (TPSA) is 113 Å². The Kier molecular flexibility index (Phi) is 3.78. The molecule has 2 amide bonds. The second-order valence-corrected chi connectivity index (χ2v) is 5.84. The Morgan fingerprint density at radius 2 is 2.11 bits per heavy atom. The van der Waals surface area contributed by atoms with E-state index in [9.17, 15) is 14.9 Å². The summed E-state index contributed by atoms with van der Waals surface area (Å²) < 4.78 is 16.5. The van der Waals surface area contributed by atoms with Crippen molar-refractivity contribution < 1.29 is 22.8 Å². The van der Waals surface area contributed by atoms with E-state index in [0.29, 0.717) is 22.7 Å². The number of hydrogen-bond donors (Lipinski definition) is 0. The number of furan rings is 2. The first-order valence-electron chi connectivity index (χ1n) is 8.17. The largest absolute Gasteiger partial charge is 0.459 e. The molecular formula is C19H13N3O5. The highest BCUT2D eigenvalue weighted by molar-refractivity contribution is 6.19. The molecule has 0 fully saturated rings. The molecule has 3 aromatic heterocycles. The number of rotatable bonds is 3. The minimum atomic E-state index is -0.586. The van der Waals surface area contributed by atoms with E-state index in [1.54, 1.807) is 32.0 Å². The van der Waals surface area contributed by atoms with Gasteiger partial charge in [-0.05, 0) is 37.6 Å². The lowest BCUT2D eigenvalue weighted by Gasteiger charge is -2.25. The molecule has 8 heteroatoms. The molecule has 0 atom stereocenters. The fraction of sp³-hybridized carbons (Fsp3) is 0.158. The minimum Gasteiger partial charge on any atom is -0.459 e. The minimum absolute atomic E-state index is 0.0591. The van der Waals surface area contributed by atoms with Crippen LogP contribution < -0.4 is 0 Å². The lowest BCUT2D eigenvalue weighted by molar-refractivity contribution is -0.140. The highest BCUT2D eigenvalue weighted by atomic mass is 16.4. The molecule has 0 N–H and O–H groups in total. The Bertz CT molecular complexity index is 1140. The van der Waals surface area contributed by atoms with E-state index in [0.717, 1.165) is 4.90 Å². The number of likely N-dealkylation sites (N-methyl/N-ethyl adjacent to an activating group) is 1. The normalized spacial score (nSPS) is 16.6. The monoisotopic (exact) mass is 363 g/mol. The molecule has 1 aliphatic heterocycles. The zero-order valence-electron chi connectivity index (χ0n) is 14.5. The van der Waals surface area contributed by atoms with Crippen LogP contribution in [0.4, 0.5) is 0 Å². The van der Waals surface area contributed by atoms with Crippen LogP contribution in [0.2, 0.25) is 0 Å². The third-order valence-electron chi connectivity index (χ3n) is 4.27. The highest BCUT2D eigenvalue weighted by Gasteiger charge is 2.34. The molecule has 134 valence electrons. The van der Waals surface area contributed by atoms with Crippen LogP contribution in [0.25, 0.3) is 29.0 Å². The Hall–Kier alpha value is -3.86. The molecule has 27 heavy (non-hydrogen) atoms. The molecular weight excluding hydrogens is 350 g/mol. The number of hydrogen-bond acceptors (Lipinski definition) is 7. The van der Waals surface area contributed by atoms with Gasteiger partial charge in [0.25, 0.3) is 23.4 Å². The van der Waals surface area contributed by atoms with Gasteiger partial charge in [0.15, 0.2) is 11.3 Å². The first kappa shape index (κ1) is 16.6. The van der Waals surface area contributed by atoms with E-state index in [-0.39, 0.29) is 29.3 Å². The van der Waals surface area contributed by atoms with E-state index in [4.69, 9.17) is 13.3 Å². The van der Waals surface area contributed by atoms with Gasteiger partial charge in [-0.15, -0.1) is 0 Å². The van der Waals surface area contributed by atoms with Gasteiger partial charge in [0.2, 0.25) is 0 Å². The van der Waals surface area contributed by atoms with Gasteiger partial charge >= 0.3 is 0 Å². The number of fused-ring (bicyclic) bond motifs is 1. The van der Waals surface area contributed by atoms with Crippen molar-refractivity contribution in [3.8, 4) is 17.7 Å². The van der Waals surface area contributed by atoms with Crippen molar-refractivity contribution in [2.75, 3.05) is 6.54 Å². The number of carbonyl (C=O) groups excluding carboxylic acids is 2. The van der Waals surface area contributed by atoms with Crippen LogP contribution in [0.15, 0.2) is 54.4 Å². The van der Waals surface area contributed by atoms with Gasteiger partial charge in [0, 0.05) is 18.2 Å². The molecule has 3 aromatic rings. The summed E-state index contributed by atoms with van der Waals surface area (Å²) in [4.78, 5) is 30.0. The average molecular weight is 363 g/mol. The number of aromatic nitrogens is 1. The second-order valence-electron chi connectivity index (χ2n) is 5.84. The van der Waals surface area contributed by atoms with Crippen LogP contribution in [0.1, 0.15) is 19.6 Å². The maximum Gasteiger partial charge on any atom is 0.271 e. The molecule has 4 heterocycles. The summed E-state index contributed by atoms with van der Waals surface area (Å²) in [6.07, 6.45) is 2.99.